The van der Waals surface area contributed by atoms with Crippen LogP contribution in [0.15, 0.2) is 0 Å². The fraction of sp³-hybridized carbons (Fsp3) is 0.833. The molecule has 1 aliphatic rings. The van der Waals surface area contributed by atoms with Gasteiger partial charge in [0.1, 0.15) is 0 Å². The average molecular weight is 159 g/mol. The van der Waals surface area contributed by atoms with Crippen LogP contribution in [0.5, 0.6) is 0 Å². The minimum Gasteiger partial charge on any atom is -0.379 e. The Morgan fingerprint density at radius 2 is 2.18 bits per heavy atom. The van der Waals surface area contributed by atoms with Gasteiger partial charge in [-0.05, 0) is 0 Å². The molecule has 1 saturated heterocycles. The van der Waals surface area contributed by atoms with Gasteiger partial charge in [0, 0.05) is 13.1 Å². The first kappa shape index (κ1) is 8.29. The van der Waals surface area contributed by atoms with E-state index in [2.05, 4.69) is 10.2 Å². The summed E-state index contributed by atoms with van der Waals surface area (Å²) in [5, 5.41) is 2.52. The first-order valence-electron chi connectivity index (χ1n) is 3.62. The van der Waals surface area contributed by atoms with Gasteiger partial charge in [0.2, 0.25) is 0 Å². The van der Waals surface area contributed by atoms with Gasteiger partial charge in [-0.2, -0.15) is 0 Å². The van der Waals surface area contributed by atoms with Gasteiger partial charge in [-0.3, -0.25) is 4.90 Å². The maximum absolute atomic E-state index is 10.3. The van der Waals surface area contributed by atoms with Gasteiger partial charge in [0.15, 0.2) is 0 Å². The molecule has 0 aliphatic carbocycles. The van der Waals surface area contributed by atoms with E-state index >= 15 is 0 Å². The zero-order valence-electron chi connectivity index (χ0n) is 6.38. The van der Waals surface area contributed by atoms with Crippen molar-refractivity contribution in [2.45, 2.75) is 0 Å². The van der Waals surface area contributed by atoms with E-state index in [1.54, 1.807) is 0 Å². The van der Waals surface area contributed by atoms with Crippen LogP contribution in [0.25, 0.3) is 0 Å². The summed E-state index contributed by atoms with van der Waals surface area (Å²) in [5.74, 6) is 0. The largest absolute Gasteiger partial charge is 0.379 e. The summed E-state index contributed by atoms with van der Waals surface area (Å²) in [6.45, 7) is 3.72. The van der Waals surface area contributed by atoms with Gasteiger partial charge in [-0.25, -0.2) is 4.79 Å². The number of hydrogen-bond acceptors (Lipinski definition) is 3. The zero-order chi connectivity index (χ0) is 8.10. The molecule has 11 heavy (non-hydrogen) atoms. The number of carbonyl (C=O) groups is 1. The first-order valence-corrected chi connectivity index (χ1v) is 3.62. The molecule has 0 atom stereocenters. The lowest BCUT2D eigenvalue weighted by Gasteiger charge is -2.26. The van der Waals surface area contributed by atoms with Crippen LogP contribution in [-0.2, 0) is 4.74 Å². The van der Waals surface area contributed by atoms with Gasteiger partial charge in [-0.1, -0.05) is 0 Å². The van der Waals surface area contributed by atoms with Gasteiger partial charge >= 0.3 is 6.03 Å². The molecule has 5 nitrogen and oxygen atoms in total. The average Bonchev–Trinajstić information content (AvgIpc) is 2.03. The lowest BCUT2D eigenvalue weighted by atomic mass is 10.4. The molecule has 0 radical (unpaired) electrons. The molecule has 0 aromatic carbocycles. The van der Waals surface area contributed by atoms with Crippen molar-refractivity contribution in [3.8, 4) is 0 Å². The van der Waals surface area contributed by atoms with E-state index in [4.69, 9.17) is 10.5 Å². The summed E-state index contributed by atoms with van der Waals surface area (Å²) in [5.41, 5.74) is 4.90. The Morgan fingerprint density at radius 3 is 2.73 bits per heavy atom. The Balaban J connectivity index is 2.09. The summed E-state index contributed by atoms with van der Waals surface area (Å²) in [6.07, 6.45) is 0. The smallest absolute Gasteiger partial charge is 0.313 e. The SMILES string of the molecule is NC(=O)NCN1CCOCC1. The van der Waals surface area contributed by atoms with Crippen LogP contribution in [0.4, 0.5) is 4.79 Å². The molecule has 0 spiro atoms. The Hall–Kier alpha value is -0.810. The highest BCUT2D eigenvalue weighted by molar-refractivity contribution is 5.71. The molecule has 5 heteroatoms. The number of urea groups is 1. The third-order valence-corrected chi connectivity index (χ3v) is 1.58. The second-order valence-corrected chi connectivity index (χ2v) is 2.43. The number of morpholine rings is 1. The highest BCUT2D eigenvalue weighted by Gasteiger charge is 2.09. The maximum atomic E-state index is 10.3. The van der Waals surface area contributed by atoms with E-state index in [9.17, 15) is 4.79 Å². The number of amides is 2. The number of primary amides is 1. The predicted molar refractivity (Wildman–Crippen MR) is 40.0 cm³/mol. The summed E-state index contributed by atoms with van der Waals surface area (Å²) in [7, 11) is 0. The van der Waals surface area contributed by atoms with Crippen LogP contribution in [0, 0.1) is 0 Å². The monoisotopic (exact) mass is 159 g/mol. The van der Waals surface area contributed by atoms with Gasteiger partial charge < -0.3 is 15.8 Å². The van der Waals surface area contributed by atoms with Crippen molar-refractivity contribution in [1.82, 2.24) is 10.2 Å². The second-order valence-electron chi connectivity index (χ2n) is 2.43. The van der Waals surface area contributed by atoms with Crippen LogP contribution in [0.2, 0.25) is 0 Å². The van der Waals surface area contributed by atoms with E-state index in [1.165, 1.54) is 0 Å². The fourth-order valence-electron chi connectivity index (χ4n) is 0.949. The molecule has 1 heterocycles. The second kappa shape index (κ2) is 4.15. The van der Waals surface area contributed by atoms with Crippen molar-refractivity contribution in [3.05, 3.63) is 0 Å². The molecule has 0 aromatic heterocycles. The van der Waals surface area contributed by atoms with Gasteiger partial charge in [0.05, 0.1) is 19.9 Å². The summed E-state index contributed by atoms with van der Waals surface area (Å²) in [6, 6.07) is -0.475. The molecule has 1 aliphatic heterocycles. The predicted octanol–water partition coefficient (Wildman–Crippen LogP) is -1.06. The Morgan fingerprint density at radius 1 is 1.55 bits per heavy atom. The van der Waals surface area contributed by atoms with Crippen molar-refractivity contribution in [2.75, 3.05) is 33.0 Å². The number of nitrogens with two attached hydrogens (primary N) is 1. The molecule has 0 aromatic rings. The Labute approximate surface area is 65.5 Å². The quantitative estimate of drug-likeness (QED) is 0.540. The fourth-order valence-corrected chi connectivity index (χ4v) is 0.949. The van der Waals surface area contributed by atoms with Crippen LogP contribution in [-0.4, -0.2) is 43.9 Å². The van der Waals surface area contributed by atoms with Crippen LogP contribution in [0.3, 0.4) is 0 Å². The molecular weight excluding hydrogens is 146 g/mol. The zero-order valence-corrected chi connectivity index (χ0v) is 6.38. The highest BCUT2D eigenvalue weighted by atomic mass is 16.5. The first-order chi connectivity index (χ1) is 5.29. The summed E-state index contributed by atoms with van der Waals surface area (Å²) < 4.78 is 5.12. The lowest BCUT2D eigenvalue weighted by Crippen LogP contribution is -2.45. The maximum Gasteiger partial charge on any atom is 0.313 e. The standard InChI is InChI=1S/C6H13N3O2/c7-6(10)8-5-9-1-3-11-4-2-9/h1-5H2,(H3,7,8,10). The van der Waals surface area contributed by atoms with Gasteiger partial charge in [0.25, 0.3) is 0 Å². The van der Waals surface area contributed by atoms with Crippen molar-refractivity contribution < 1.29 is 9.53 Å². The van der Waals surface area contributed by atoms with Crippen molar-refractivity contribution in [2.24, 2.45) is 5.73 Å². The summed E-state index contributed by atoms with van der Waals surface area (Å²) >= 11 is 0. The van der Waals surface area contributed by atoms with E-state index in [1.807, 2.05) is 0 Å². The minimum atomic E-state index is -0.475. The number of ether oxygens (including phenoxy) is 1. The molecule has 1 rings (SSSR count). The van der Waals surface area contributed by atoms with Crippen LogP contribution >= 0.6 is 0 Å². The minimum absolute atomic E-state index is 0.475. The molecule has 1 fully saturated rings. The van der Waals surface area contributed by atoms with Crippen molar-refractivity contribution >= 4 is 6.03 Å². The molecular formula is C6H13N3O2. The number of nitrogens with zero attached hydrogens (tertiary/aromatic N) is 1. The third-order valence-electron chi connectivity index (χ3n) is 1.58. The Kier molecular flexibility index (Phi) is 3.13. The van der Waals surface area contributed by atoms with E-state index in [0.29, 0.717) is 6.67 Å². The third kappa shape index (κ3) is 3.20. The van der Waals surface area contributed by atoms with E-state index in [-0.39, 0.29) is 0 Å². The molecule has 0 bridgehead atoms. The topological polar surface area (TPSA) is 67.6 Å². The van der Waals surface area contributed by atoms with Crippen molar-refractivity contribution in [3.63, 3.8) is 0 Å². The van der Waals surface area contributed by atoms with E-state index in [0.717, 1.165) is 26.3 Å². The number of nitrogens with one attached hydrogen (secondary N) is 1. The molecule has 3 N–H and O–H groups in total. The molecule has 64 valence electrons. The van der Waals surface area contributed by atoms with Crippen molar-refractivity contribution in [1.29, 1.82) is 0 Å². The number of carbonyl (C=O) groups excluding carboxylic acids is 1. The lowest BCUT2D eigenvalue weighted by molar-refractivity contribution is 0.0357. The molecule has 0 unspecified atom stereocenters. The Bertz CT molecular complexity index is 134. The molecule has 0 saturated carbocycles. The van der Waals surface area contributed by atoms with Gasteiger partial charge in [-0.15, -0.1) is 0 Å². The highest BCUT2D eigenvalue weighted by Crippen LogP contribution is 1.93. The normalized spacial score (nSPS) is 19.6. The molecule has 2 amide bonds. The number of rotatable bonds is 2. The number of hydrogen-bond donors (Lipinski definition) is 2. The van der Waals surface area contributed by atoms with Crippen LogP contribution < -0.4 is 11.1 Å². The van der Waals surface area contributed by atoms with E-state index < -0.39 is 6.03 Å². The van der Waals surface area contributed by atoms with Crippen LogP contribution in [0.1, 0.15) is 0 Å². The summed E-state index contributed by atoms with van der Waals surface area (Å²) in [4.78, 5) is 12.4.